The summed E-state index contributed by atoms with van der Waals surface area (Å²) in [7, 11) is 0. The summed E-state index contributed by atoms with van der Waals surface area (Å²) in [6.45, 7) is 3.46. The zero-order valence-corrected chi connectivity index (χ0v) is 14.2. The molecular weight excluding hydrogens is 332 g/mol. The predicted octanol–water partition coefficient (Wildman–Crippen LogP) is 0.693. The number of aliphatic carboxylic acids is 2. The second kappa shape index (κ2) is 7.23. The standard InChI is InChI=1S/C16H20N2O5S/c1-16(2)12(15(22)23)18-13(24-16)11(14(20)21)17-10(19)8-9-6-4-3-5-7-9/h3-7,11-13,18H,8H2,1-2H3,(H,17,19)(H,20,21)(H,22,23)/t11-,12+,13-/m0/s1. The summed E-state index contributed by atoms with van der Waals surface area (Å²) in [6.07, 6.45) is 0.0633. The van der Waals surface area contributed by atoms with Crippen LogP contribution in [0.5, 0.6) is 0 Å². The van der Waals surface area contributed by atoms with Gasteiger partial charge in [-0.15, -0.1) is 11.8 Å². The number of carbonyl (C=O) groups excluding carboxylic acids is 1. The Kier molecular flexibility index (Phi) is 5.51. The predicted molar refractivity (Wildman–Crippen MR) is 89.7 cm³/mol. The summed E-state index contributed by atoms with van der Waals surface area (Å²) in [5.41, 5.74) is 0.773. The number of rotatable bonds is 6. The number of amides is 1. The number of hydrogen-bond acceptors (Lipinski definition) is 5. The third kappa shape index (κ3) is 4.27. The molecule has 1 saturated heterocycles. The average Bonchev–Trinajstić information content (AvgIpc) is 2.81. The maximum atomic E-state index is 12.1. The zero-order chi connectivity index (χ0) is 17.9. The second-order valence-electron chi connectivity index (χ2n) is 6.13. The molecule has 1 amide bonds. The molecule has 0 aromatic heterocycles. The Hall–Kier alpha value is -2.06. The van der Waals surface area contributed by atoms with Crippen molar-refractivity contribution >= 4 is 29.6 Å². The van der Waals surface area contributed by atoms with Gasteiger partial charge in [0.1, 0.15) is 6.04 Å². The number of carbonyl (C=O) groups is 3. The van der Waals surface area contributed by atoms with E-state index in [1.807, 2.05) is 6.07 Å². The molecule has 3 atom stereocenters. The van der Waals surface area contributed by atoms with Crippen molar-refractivity contribution in [1.82, 2.24) is 10.6 Å². The van der Waals surface area contributed by atoms with E-state index in [-0.39, 0.29) is 6.42 Å². The molecule has 0 bridgehead atoms. The lowest BCUT2D eigenvalue weighted by molar-refractivity contribution is -0.143. The van der Waals surface area contributed by atoms with Gasteiger partial charge in [-0.1, -0.05) is 30.3 Å². The topological polar surface area (TPSA) is 116 Å². The fraction of sp³-hybridized carbons (Fsp3) is 0.438. The minimum absolute atomic E-state index is 0.0633. The van der Waals surface area contributed by atoms with Crippen LogP contribution in [0, 0.1) is 0 Å². The summed E-state index contributed by atoms with van der Waals surface area (Å²) >= 11 is 1.20. The molecule has 1 heterocycles. The Morgan fingerprint density at radius 3 is 2.38 bits per heavy atom. The van der Waals surface area contributed by atoms with Crippen molar-refractivity contribution < 1.29 is 24.6 Å². The molecule has 130 valence electrons. The van der Waals surface area contributed by atoms with Gasteiger partial charge < -0.3 is 15.5 Å². The van der Waals surface area contributed by atoms with E-state index in [9.17, 15) is 24.6 Å². The highest BCUT2D eigenvalue weighted by Crippen LogP contribution is 2.39. The van der Waals surface area contributed by atoms with Gasteiger partial charge in [0.2, 0.25) is 5.91 Å². The van der Waals surface area contributed by atoms with E-state index >= 15 is 0 Å². The van der Waals surface area contributed by atoms with Crippen LogP contribution in [0.4, 0.5) is 0 Å². The van der Waals surface area contributed by atoms with Gasteiger partial charge in [-0.2, -0.15) is 0 Å². The maximum Gasteiger partial charge on any atom is 0.328 e. The number of hydrogen-bond donors (Lipinski definition) is 4. The van der Waals surface area contributed by atoms with Crippen LogP contribution >= 0.6 is 11.8 Å². The third-order valence-corrected chi connectivity index (χ3v) is 5.30. The van der Waals surface area contributed by atoms with Crippen molar-refractivity contribution in [3.05, 3.63) is 35.9 Å². The molecule has 0 spiro atoms. The molecule has 0 aliphatic carbocycles. The third-order valence-electron chi connectivity index (χ3n) is 3.80. The number of nitrogens with one attached hydrogen (secondary N) is 2. The molecule has 8 heteroatoms. The van der Waals surface area contributed by atoms with Crippen LogP contribution in [0.15, 0.2) is 30.3 Å². The van der Waals surface area contributed by atoms with E-state index in [4.69, 9.17) is 0 Å². The lowest BCUT2D eigenvalue weighted by atomic mass is 10.0. The lowest BCUT2D eigenvalue weighted by Crippen LogP contribution is -2.54. The van der Waals surface area contributed by atoms with Gasteiger partial charge in [-0.3, -0.25) is 14.9 Å². The second-order valence-corrected chi connectivity index (χ2v) is 7.92. The number of benzene rings is 1. The highest BCUT2D eigenvalue weighted by molar-refractivity contribution is 8.01. The fourth-order valence-corrected chi connectivity index (χ4v) is 4.08. The molecule has 0 saturated carbocycles. The highest BCUT2D eigenvalue weighted by atomic mass is 32.2. The quantitative estimate of drug-likeness (QED) is 0.595. The van der Waals surface area contributed by atoms with Crippen LogP contribution in [-0.4, -0.2) is 50.3 Å². The lowest BCUT2D eigenvalue weighted by Gasteiger charge is -2.22. The monoisotopic (exact) mass is 352 g/mol. The molecule has 24 heavy (non-hydrogen) atoms. The average molecular weight is 352 g/mol. The Bertz CT molecular complexity index is 635. The smallest absolute Gasteiger partial charge is 0.328 e. The summed E-state index contributed by atoms with van der Waals surface area (Å²) in [6, 6.07) is 6.88. The van der Waals surface area contributed by atoms with Crippen molar-refractivity contribution in [2.24, 2.45) is 0 Å². The van der Waals surface area contributed by atoms with E-state index in [1.54, 1.807) is 38.1 Å². The molecular formula is C16H20N2O5S. The Labute approximate surface area is 143 Å². The first-order chi connectivity index (χ1) is 11.2. The van der Waals surface area contributed by atoms with Crippen molar-refractivity contribution in [2.75, 3.05) is 0 Å². The fourth-order valence-electron chi connectivity index (χ4n) is 2.60. The van der Waals surface area contributed by atoms with E-state index in [0.717, 1.165) is 5.56 Å². The van der Waals surface area contributed by atoms with Crippen molar-refractivity contribution in [3.63, 3.8) is 0 Å². The van der Waals surface area contributed by atoms with Crippen LogP contribution in [0.2, 0.25) is 0 Å². The van der Waals surface area contributed by atoms with E-state index < -0.39 is 40.1 Å². The van der Waals surface area contributed by atoms with E-state index in [2.05, 4.69) is 10.6 Å². The number of thioether (sulfide) groups is 1. The largest absolute Gasteiger partial charge is 0.480 e. The van der Waals surface area contributed by atoms with Crippen LogP contribution in [0.1, 0.15) is 19.4 Å². The van der Waals surface area contributed by atoms with Gasteiger partial charge in [0.25, 0.3) is 0 Å². The molecule has 4 N–H and O–H groups in total. The highest BCUT2D eigenvalue weighted by Gasteiger charge is 2.49. The van der Waals surface area contributed by atoms with Gasteiger partial charge in [0, 0.05) is 4.75 Å². The molecule has 1 aliphatic heterocycles. The summed E-state index contributed by atoms with van der Waals surface area (Å²) < 4.78 is -0.686. The molecule has 1 aromatic carbocycles. The molecule has 0 radical (unpaired) electrons. The summed E-state index contributed by atoms with van der Waals surface area (Å²) in [5, 5.41) is 23.2. The van der Waals surface area contributed by atoms with Gasteiger partial charge in [0.05, 0.1) is 11.8 Å². The van der Waals surface area contributed by atoms with Crippen molar-refractivity contribution in [1.29, 1.82) is 0 Å². The Morgan fingerprint density at radius 1 is 1.25 bits per heavy atom. The first-order valence-corrected chi connectivity index (χ1v) is 8.31. The molecule has 7 nitrogen and oxygen atoms in total. The van der Waals surface area contributed by atoms with Crippen LogP contribution in [0.3, 0.4) is 0 Å². The van der Waals surface area contributed by atoms with E-state index in [0.29, 0.717) is 0 Å². The first kappa shape index (κ1) is 18.3. The Morgan fingerprint density at radius 2 is 1.88 bits per heavy atom. The molecule has 2 rings (SSSR count). The van der Waals surface area contributed by atoms with Gasteiger partial charge in [0.15, 0.2) is 6.04 Å². The van der Waals surface area contributed by atoms with Gasteiger partial charge in [-0.25, -0.2) is 4.79 Å². The molecule has 1 aliphatic rings. The maximum absolute atomic E-state index is 12.1. The normalized spacial score (nSPS) is 23.4. The summed E-state index contributed by atoms with van der Waals surface area (Å²) in [4.78, 5) is 35.0. The van der Waals surface area contributed by atoms with Gasteiger partial charge >= 0.3 is 11.9 Å². The van der Waals surface area contributed by atoms with Crippen molar-refractivity contribution in [2.45, 2.75) is 42.5 Å². The summed E-state index contributed by atoms with van der Waals surface area (Å²) in [5.74, 6) is -2.68. The minimum atomic E-state index is -1.21. The van der Waals surface area contributed by atoms with Gasteiger partial charge in [-0.05, 0) is 19.4 Å². The minimum Gasteiger partial charge on any atom is -0.480 e. The van der Waals surface area contributed by atoms with Crippen LogP contribution in [0.25, 0.3) is 0 Å². The molecule has 1 fully saturated rings. The van der Waals surface area contributed by atoms with Crippen LogP contribution < -0.4 is 10.6 Å². The van der Waals surface area contributed by atoms with Crippen LogP contribution in [-0.2, 0) is 20.8 Å². The Balaban J connectivity index is 2.06. The first-order valence-electron chi connectivity index (χ1n) is 7.43. The SMILES string of the molecule is CC1(C)S[C@@H]([C@H](NC(=O)Cc2ccccc2)C(=O)O)N[C@@H]1C(=O)O. The van der Waals surface area contributed by atoms with E-state index in [1.165, 1.54) is 11.8 Å². The zero-order valence-electron chi connectivity index (χ0n) is 13.4. The molecule has 0 unspecified atom stereocenters. The van der Waals surface area contributed by atoms with Crippen molar-refractivity contribution in [3.8, 4) is 0 Å². The molecule has 1 aromatic rings. The number of carboxylic acid groups (broad SMARTS) is 2. The number of carboxylic acids is 2.